The Morgan fingerprint density at radius 3 is 2.40 bits per heavy atom. The highest BCUT2D eigenvalue weighted by molar-refractivity contribution is 5.95. The summed E-state index contributed by atoms with van der Waals surface area (Å²) in [6, 6.07) is 15.4. The fourth-order valence-corrected chi connectivity index (χ4v) is 5.04. The van der Waals surface area contributed by atoms with Gasteiger partial charge in [0, 0.05) is 62.1 Å². The number of amides is 2. The van der Waals surface area contributed by atoms with Crippen molar-refractivity contribution in [3.63, 3.8) is 0 Å². The molecule has 188 valence electrons. The quantitative estimate of drug-likeness (QED) is 0.599. The molecule has 2 N–H and O–H groups in total. The topological polar surface area (TPSA) is 73.9 Å². The van der Waals surface area contributed by atoms with E-state index < -0.39 is 0 Å². The molecule has 2 heterocycles. The average molecular weight is 479 g/mol. The fraction of sp³-hybridized carbons (Fsp3) is 0.500. The van der Waals surface area contributed by atoms with Gasteiger partial charge in [-0.25, -0.2) is 0 Å². The molecule has 2 aromatic rings. The van der Waals surface area contributed by atoms with Crippen molar-refractivity contribution in [1.29, 1.82) is 0 Å². The van der Waals surface area contributed by atoms with Crippen LogP contribution < -0.4 is 15.5 Å². The smallest absolute Gasteiger partial charge is 0.251 e. The van der Waals surface area contributed by atoms with Crippen molar-refractivity contribution in [2.75, 3.05) is 36.4 Å². The molecule has 0 bridgehead atoms. The number of hydrogen-bond acceptors (Lipinski definition) is 5. The highest BCUT2D eigenvalue weighted by Crippen LogP contribution is 2.23. The van der Waals surface area contributed by atoms with E-state index in [2.05, 4.69) is 40.3 Å². The van der Waals surface area contributed by atoms with E-state index in [-0.39, 0.29) is 36.5 Å². The van der Waals surface area contributed by atoms with Crippen LogP contribution in [0.1, 0.15) is 56.0 Å². The number of rotatable bonds is 8. The lowest BCUT2D eigenvalue weighted by molar-refractivity contribution is -0.116. The number of nitrogens with zero attached hydrogens (tertiary/aromatic N) is 2. The van der Waals surface area contributed by atoms with Crippen molar-refractivity contribution >= 4 is 23.2 Å². The van der Waals surface area contributed by atoms with Crippen LogP contribution in [-0.4, -0.2) is 61.1 Å². The number of benzene rings is 2. The summed E-state index contributed by atoms with van der Waals surface area (Å²) in [7, 11) is 0. The number of morpholine rings is 1. The molecule has 0 radical (unpaired) electrons. The van der Waals surface area contributed by atoms with Gasteiger partial charge in [-0.15, -0.1) is 0 Å². The minimum atomic E-state index is -0.278. The standard InChI is InChI=1S/C28H38N4O3/c1-20(15-27(33)30-25-7-6-8-26(16-25)32-13-4-5-14-32)29-28(34)24-11-9-23(10-12-24)19-31-17-21(2)35-22(3)18-31/h6-12,16,20-22H,4-5,13-15,17-19H2,1-3H3,(H,29,34)(H,30,33). The van der Waals surface area contributed by atoms with E-state index in [4.69, 9.17) is 4.74 Å². The van der Waals surface area contributed by atoms with Crippen LogP contribution in [0.15, 0.2) is 48.5 Å². The summed E-state index contributed by atoms with van der Waals surface area (Å²) < 4.78 is 5.80. The summed E-state index contributed by atoms with van der Waals surface area (Å²) in [5, 5.41) is 5.92. The average Bonchev–Trinajstić information content (AvgIpc) is 3.34. The Morgan fingerprint density at radius 1 is 1.03 bits per heavy atom. The maximum Gasteiger partial charge on any atom is 0.251 e. The zero-order chi connectivity index (χ0) is 24.8. The number of hydrogen-bond donors (Lipinski definition) is 2. The van der Waals surface area contributed by atoms with Crippen molar-refractivity contribution in [3.05, 3.63) is 59.7 Å². The third-order valence-electron chi connectivity index (χ3n) is 6.59. The Bertz CT molecular complexity index is 994. The van der Waals surface area contributed by atoms with E-state index in [0.29, 0.717) is 5.56 Å². The molecule has 35 heavy (non-hydrogen) atoms. The lowest BCUT2D eigenvalue weighted by Gasteiger charge is -2.35. The van der Waals surface area contributed by atoms with Gasteiger partial charge in [0.05, 0.1) is 12.2 Å². The largest absolute Gasteiger partial charge is 0.373 e. The maximum absolute atomic E-state index is 12.7. The highest BCUT2D eigenvalue weighted by Gasteiger charge is 2.22. The number of nitrogens with one attached hydrogen (secondary N) is 2. The molecule has 0 saturated carbocycles. The van der Waals surface area contributed by atoms with Crippen molar-refractivity contribution in [2.24, 2.45) is 0 Å². The predicted octanol–water partition coefficient (Wildman–Crippen LogP) is 4.04. The van der Waals surface area contributed by atoms with Crippen LogP contribution in [-0.2, 0) is 16.1 Å². The van der Waals surface area contributed by atoms with Crippen LogP contribution in [0.5, 0.6) is 0 Å². The van der Waals surface area contributed by atoms with E-state index >= 15 is 0 Å². The first-order valence-corrected chi connectivity index (χ1v) is 12.8. The normalized spacial score (nSPS) is 21.5. The maximum atomic E-state index is 12.7. The van der Waals surface area contributed by atoms with Crippen LogP contribution in [0.2, 0.25) is 0 Å². The van der Waals surface area contributed by atoms with Crippen LogP contribution >= 0.6 is 0 Å². The van der Waals surface area contributed by atoms with E-state index in [1.54, 1.807) is 0 Å². The van der Waals surface area contributed by atoms with Crippen LogP contribution in [0.4, 0.5) is 11.4 Å². The number of carbonyl (C=O) groups is 2. The first-order chi connectivity index (χ1) is 16.9. The Balaban J connectivity index is 1.24. The van der Waals surface area contributed by atoms with Gasteiger partial charge >= 0.3 is 0 Å². The molecule has 0 spiro atoms. The van der Waals surface area contributed by atoms with Gasteiger partial charge < -0.3 is 20.3 Å². The number of carbonyl (C=O) groups excluding carboxylic acids is 2. The van der Waals surface area contributed by atoms with E-state index in [1.165, 1.54) is 18.4 Å². The van der Waals surface area contributed by atoms with Gasteiger partial charge in [-0.2, -0.15) is 0 Å². The molecule has 7 heteroatoms. The lowest BCUT2D eigenvalue weighted by atomic mass is 10.1. The van der Waals surface area contributed by atoms with Crippen molar-refractivity contribution < 1.29 is 14.3 Å². The molecule has 3 atom stereocenters. The van der Waals surface area contributed by atoms with Gasteiger partial charge in [0.25, 0.3) is 5.91 Å². The summed E-state index contributed by atoms with van der Waals surface area (Å²) in [5.74, 6) is -0.276. The summed E-state index contributed by atoms with van der Waals surface area (Å²) in [4.78, 5) is 30.0. The van der Waals surface area contributed by atoms with E-state index in [0.717, 1.165) is 44.1 Å². The Labute approximate surface area is 208 Å². The Kier molecular flexibility index (Phi) is 8.42. The molecule has 7 nitrogen and oxygen atoms in total. The lowest BCUT2D eigenvalue weighted by Crippen LogP contribution is -2.44. The second-order valence-electron chi connectivity index (χ2n) is 10.0. The highest BCUT2D eigenvalue weighted by atomic mass is 16.5. The number of ether oxygens (including phenoxy) is 1. The molecule has 4 rings (SSSR count). The van der Waals surface area contributed by atoms with Gasteiger partial charge in [-0.05, 0) is 69.5 Å². The molecule has 0 aromatic heterocycles. The van der Waals surface area contributed by atoms with Crippen LogP contribution in [0.3, 0.4) is 0 Å². The van der Waals surface area contributed by atoms with Gasteiger partial charge in [0.2, 0.25) is 5.91 Å². The third-order valence-corrected chi connectivity index (χ3v) is 6.59. The second-order valence-corrected chi connectivity index (χ2v) is 10.0. The van der Waals surface area contributed by atoms with E-state index in [1.807, 2.05) is 49.4 Å². The van der Waals surface area contributed by atoms with Gasteiger partial charge in [-0.1, -0.05) is 18.2 Å². The Morgan fingerprint density at radius 2 is 1.71 bits per heavy atom. The molecule has 0 aliphatic carbocycles. The molecule has 2 aliphatic rings. The van der Waals surface area contributed by atoms with Crippen LogP contribution in [0.25, 0.3) is 0 Å². The van der Waals surface area contributed by atoms with E-state index in [9.17, 15) is 9.59 Å². The van der Waals surface area contributed by atoms with Crippen molar-refractivity contribution in [3.8, 4) is 0 Å². The summed E-state index contributed by atoms with van der Waals surface area (Å²) in [6.07, 6.45) is 3.10. The second kappa shape index (κ2) is 11.7. The predicted molar refractivity (Wildman–Crippen MR) is 140 cm³/mol. The molecule has 2 saturated heterocycles. The third kappa shape index (κ3) is 7.29. The zero-order valence-corrected chi connectivity index (χ0v) is 21.1. The molecular formula is C28H38N4O3. The first kappa shape index (κ1) is 25.2. The van der Waals surface area contributed by atoms with Gasteiger partial charge in [0.15, 0.2) is 0 Å². The summed E-state index contributed by atoms with van der Waals surface area (Å²) in [6.45, 7) is 10.8. The minimum absolute atomic E-state index is 0.110. The molecule has 2 aliphatic heterocycles. The van der Waals surface area contributed by atoms with Crippen LogP contribution in [0, 0.1) is 0 Å². The van der Waals surface area contributed by atoms with Crippen molar-refractivity contribution in [1.82, 2.24) is 10.2 Å². The number of anilines is 2. The van der Waals surface area contributed by atoms with Gasteiger partial charge in [-0.3, -0.25) is 14.5 Å². The zero-order valence-electron chi connectivity index (χ0n) is 21.1. The molecule has 2 amide bonds. The molecule has 2 aromatic carbocycles. The monoisotopic (exact) mass is 478 g/mol. The molecule has 2 fully saturated rings. The molecule has 3 unspecified atom stereocenters. The first-order valence-electron chi connectivity index (χ1n) is 12.8. The van der Waals surface area contributed by atoms with Crippen molar-refractivity contribution in [2.45, 2.75) is 64.8 Å². The minimum Gasteiger partial charge on any atom is -0.373 e. The van der Waals surface area contributed by atoms with Gasteiger partial charge in [0.1, 0.15) is 0 Å². The molecular weight excluding hydrogens is 440 g/mol. The SMILES string of the molecule is CC(CC(=O)Nc1cccc(N2CCCC2)c1)NC(=O)c1ccc(CN2CC(C)OC(C)C2)cc1. The Hall–Kier alpha value is -2.90. The summed E-state index contributed by atoms with van der Waals surface area (Å²) >= 11 is 0. The summed E-state index contributed by atoms with van der Waals surface area (Å²) in [5.41, 5.74) is 3.70. The fourth-order valence-electron chi connectivity index (χ4n) is 5.04.